The van der Waals surface area contributed by atoms with Crippen LogP contribution >= 0.6 is 0 Å². The Morgan fingerprint density at radius 2 is 2.16 bits per heavy atom. The third kappa shape index (κ3) is 7.18. The molecule has 172 valence electrons. The van der Waals surface area contributed by atoms with Crippen LogP contribution in [0.4, 0.5) is 11.5 Å². The van der Waals surface area contributed by atoms with Gasteiger partial charge in [0, 0.05) is 38.3 Å². The summed E-state index contributed by atoms with van der Waals surface area (Å²) in [5.41, 5.74) is -0.0823. The Kier molecular flexibility index (Phi) is 9.67. The number of aliphatic hydroxyl groups is 1. The number of hydrogen-bond acceptors (Lipinski definition) is 8. The number of aliphatic hydroxyl groups excluding tert-OH is 1. The van der Waals surface area contributed by atoms with Crippen LogP contribution in [0.2, 0.25) is 0 Å². The van der Waals surface area contributed by atoms with Crippen molar-refractivity contribution in [1.82, 2.24) is 10.3 Å². The summed E-state index contributed by atoms with van der Waals surface area (Å²) in [4.78, 5) is 26.8. The van der Waals surface area contributed by atoms with E-state index in [1.54, 1.807) is 0 Å². The van der Waals surface area contributed by atoms with Crippen molar-refractivity contribution in [1.29, 1.82) is 0 Å². The lowest BCUT2D eigenvalue weighted by atomic mass is 9.78. The van der Waals surface area contributed by atoms with E-state index in [1.807, 2.05) is 13.0 Å². The molecular weight excluding hydrogens is 404 g/mol. The van der Waals surface area contributed by atoms with Gasteiger partial charge in [-0.1, -0.05) is 13.8 Å². The molecule has 3 unspecified atom stereocenters. The molecule has 1 aromatic rings. The van der Waals surface area contributed by atoms with Crippen LogP contribution in [0, 0.1) is 27.9 Å². The number of nitro groups is 1. The number of aromatic nitrogens is 1. The molecule has 2 rings (SSSR count). The smallest absolute Gasteiger partial charge is 0.287 e. The van der Waals surface area contributed by atoms with Crippen LogP contribution in [0.5, 0.6) is 0 Å². The number of nitrogens with one attached hydrogen (secondary N) is 2. The zero-order valence-electron chi connectivity index (χ0n) is 18.2. The lowest BCUT2D eigenvalue weighted by Crippen LogP contribution is -2.41. The minimum absolute atomic E-state index is 0.0681. The summed E-state index contributed by atoms with van der Waals surface area (Å²) in [5, 5.41) is 25.7. The fraction of sp³-hybridized carbons (Fsp3) is 0.619. The fourth-order valence-corrected chi connectivity index (χ4v) is 3.58. The largest absolute Gasteiger partial charge is 0.459 e. The van der Waals surface area contributed by atoms with E-state index in [0.29, 0.717) is 31.9 Å². The van der Waals surface area contributed by atoms with Gasteiger partial charge in [0.2, 0.25) is 6.29 Å². The molecule has 1 aliphatic heterocycles. The number of rotatable bonds is 12. The monoisotopic (exact) mass is 436 g/mol. The SMILES string of the molecule is CCOC1OC(C(=O)NCCNc2ccc([N+](=O)[O-])cn2)=CC(C(C)C)C1CCCO. The Bertz CT molecular complexity index is 753. The van der Waals surface area contributed by atoms with Crippen LogP contribution in [0.3, 0.4) is 0 Å². The van der Waals surface area contributed by atoms with E-state index in [2.05, 4.69) is 29.5 Å². The second-order valence-electron chi connectivity index (χ2n) is 7.66. The number of allylic oxidation sites excluding steroid dienone is 1. The molecule has 1 amide bonds. The summed E-state index contributed by atoms with van der Waals surface area (Å²) < 4.78 is 11.6. The van der Waals surface area contributed by atoms with Crippen LogP contribution in [-0.4, -0.2) is 53.5 Å². The van der Waals surface area contributed by atoms with E-state index >= 15 is 0 Å². The summed E-state index contributed by atoms with van der Waals surface area (Å²) in [6.07, 6.45) is 3.91. The number of ether oxygens (including phenoxy) is 2. The van der Waals surface area contributed by atoms with Gasteiger partial charge in [0.1, 0.15) is 12.0 Å². The minimum Gasteiger partial charge on any atom is -0.459 e. The van der Waals surface area contributed by atoms with Gasteiger partial charge in [-0.3, -0.25) is 14.9 Å². The number of carbonyl (C=O) groups is 1. The zero-order valence-corrected chi connectivity index (χ0v) is 18.2. The maximum absolute atomic E-state index is 12.6. The van der Waals surface area contributed by atoms with E-state index in [1.165, 1.54) is 18.3 Å². The molecule has 0 bridgehead atoms. The van der Waals surface area contributed by atoms with Crippen LogP contribution in [0.15, 0.2) is 30.2 Å². The Morgan fingerprint density at radius 3 is 2.74 bits per heavy atom. The minimum atomic E-state index is -0.530. The summed E-state index contributed by atoms with van der Waals surface area (Å²) in [5.74, 6) is 0.850. The Morgan fingerprint density at radius 1 is 1.39 bits per heavy atom. The summed E-state index contributed by atoms with van der Waals surface area (Å²) in [6.45, 7) is 7.35. The predicted octanol–water partition coefficient (Wildman–Crippen LogP) is 2.46. The van der Waals surface area contributed by atoms with Gasteiger partial charge in [-0.15, -0.1) is 0 Å². The molecule has 0 aromatic carbocycles. The van der Waals surface area contributed by atoms with E-state index < -0.39 is 11.2 Å². The fourth-order valence-electron chi connectivity index (χ4n) is 3.58. The zero-order chi connectivity index (χ0) is 22.8. The number of anilines is 1. The lowest BCUT2D eigenvalue weighted by Gasteiger charge is -2.38. The van der Waals surface area contributed by atoms with Gasteiger partial charge in [-0.05, 0) is 43.7 Å². The van der Waals surface area contributed by atoms with Gasteiger partial charge in [0.25, 0.3) is 11.6 Å². The molecule has 3 atom stereocenters. The number of pyridine rings is 1. The van der Waals surface area contributed by atoms with Crippen LogP contribution in [-0.2, 0) is 14.3 Å². The summed E-state index contributed by atoms with van der Waals surface area (Å²) in [6, 6.07) is 2.88. The quantitative estimate of drug-likeness (QED) is 0.258. The maximum atomic E-state index is 12.6. The number of amides is 1. The van der Waals surface area contributed by atoms with Crippen molar-refractivity contribution in [2.24, 2.45) is 17.8 Å². The molecule has 2 heterocycles. The normalized spacial score (nSPS) is 20.7. The Balaban J connectivity index is 1.93. The van der Waals surface area contributed by atoms with Gasteiger partial charge < -0.3 is 25.2 Å². The van der Waals surface area contributed by atoms with Gasteiger partial charge in [-0.25, -0.2) is 4.98 Å². The van der Waals surface area contributed by atoms with E-state index in [-0.39, 0.29) is 41.7 Å². The molecular formula is C21H32N4O6. The Hall–Kier alpha value is -2.72. The van der Waals surface area contributed by atoms with Crippen molar-refractivity contribution in [3.05, 3.63) is 40.3 Å². The molecule has 0 saturated carbocycles. The van der Waals surface area contributed by atoms with Gasteiger partial charge >= 0.3 is 0 Å². The number of nitrogens with zero attached hydrogens (tertiary/aromatic N) is 2. The van der Waals surface area contributed by atoms with Crippen LogP contribution in [0.1, 0.15) is 33.6 Å². The summed E-state index contributed by atoms with van der Waals surface area (Å²) in [7, 11) is 0. The van der Waals surface area contributed by atoms with Crippen molar-refractivity contribution >= 4 is 17.4 Å². The van der Waals surface area contributed by atoms with E-state index in [4.69, 9.17) is 9.47 Å². The molecule has 1 aliphatic rings. The molecule has 0 spiro atoms. The first-order valence-electron chi connectivity index (χ1n) is 10.6. The maximum Gasteiger partial charge on any atom is 0.287 e. The van der Waals surface area contributed by atoms with E-state index in [9.17, 15) is 20.0 Å². The lowest BCUT2D eigenvalue weighted by molar-refractivity contribution is -0.385. The molecule has 0 saturated heterocycles. The van der Waals surface area contributed by atoms with Crippen molar-refractivity contribution in [2.45, 2.75) is 39.9 Å². The van der Waals surface area contributed by atoms with E-state index in [0.717, 1.165) is 6.42 Å². The topological polar surface area (TPSA) is 136 Å². The van der Waals surface area contributed by atoms with Crippen LogP contribution in [0.25, 0.3) is 0 Å². The number of carbonyl (C=O) groups excluding carboxylic acids is 1. The van der Waals surface area contributed by atoms with Gasteiger partial charge in [0.05, 0.1) is 4.92 Å². The van der Waals surface area contributed by atoms with Gasteiger partial charge in [-0.2, -0.15) is 0 Å². The van der Waals surface area contributed by atoms with Crippen molar-refractivity contribution < 1.29 is 24.3 Å². The third-order valence-electron chi connectivity index (χ3n) is 5.13. The standard InChI is InChI=1S/C21H32N4O6/c1-4-30-21-16(6-5-11-26)17(14(2)3)12-18(31-21)20(27)23-10-9-22-19-8-7-15(13-24-19)25(28)29/h7-8,12-14,16-17,21,26H,4-6,9-11H2,1-3H3,(H,22,24)(H,23,27). The first-order valence-corrected chi connectivity index (χ1v) is 10.6. The highest BCUT2D eigenvalue weighted by molar-refractivity contribution is 5.91. The molecule has 10 heteroatoms. The second-order valence-corrected chi connectivity index (χ2v) is 7.66. The van der Waals surface area contributed by atoms with Crippen molar-refractivity contribution in [3.63, 3.8) is 0 Å². The summed E-state index contributed by atoms with van der Waals surface area (Å²) >= 11 is 0. The molecule has 1 aromatic heterocycles. The highest BCUT2D eigenvalue weighted by Gasteiger charge is 2.38. The third-order valence-corrected chi connectivity index (χ3v) is 5.13. The highest BCUT2D eigenvalue weighted by Crippen LogP contribution is 2.36. The van der Waals surface area contributed by atoms with Crippen molar-refractivity contribution in [3.8, 4) is 0 Å². The van der Waals surface area contributed by atoms with Crippen LogP contribution < -0.4 is 10.6 Å². The molecule has 0 aliphatic carbocycles. The Labute approximate surface area is 182 Å². The molecule has 10 nitrogen and oxygen atoms in total. The first kappa shape index (κ1) is 24.5. The average Bonchev–Trinajstić information content (AvgIpc) is 2.75. The van der Waals surface area contributed by atoms with Gasteiger partial charge in [0.15, 0.2) is 5.76 Å². The predicted molar refractivity (Wildman–Crippen MR) is 115 cm³/mol. The second kappa shape index (κ2) is 12.2. The number of hydrogen-bond donors (Lipinski definition) is 3. The molecule has 31 heavy (non-hydrogen) atoms. The molecule has 0 radical (unpaired) electrons. The molecule has 0 fully saturated rings. The first-order chi connectivity index (χ1) is 14.9. The van der Waals surface area contributed by atoms with Crippen molar-refractivity contribution in [2.75, 3.05) is 31.6 Å². The average molecular weight is 437 g/mol. The molecule has 3 N–H and O–H groups in total. The highest BCUT2D eigenvalue weighted by atomic mass is 16.7.